The Morgan fingerprint density at radius 1 is 1.27 bits per heavy atom. The molecule has 0 aliphatic carbocycles. The first-order valence-corrected chi connectivity index (χ1v) is 10.8. The van der Waals surface area contributed by atoms with Crippen LogP contribution in [0.5, 0.6) is 0 Å². The van der Waals surface area contributed by atoms with E-state index in [-0.39, 0.29) is 11.9 Å². The Labute approximate surface area is 179 Å². The van der Waals surface area contributed by atoms with E-state index in [2.05, 4.69) is 25.3 Å². The van der Waals surface area contributed by atoms with Crippen molar-refractivity contribution in [3.8, 4) is 0 Å². The summed E-state index contributed by atoms with van der Waals surface area (Å²) in [5, 5.41) is 4.07. The molecule has 1 unspecified atom stereocenters. The maximum Gasteiger partial charge on any atom is 0.247 e. The smallest absolute Gasteiger partial charge is 0.247 e. The van der Waals surface area contributed by atoms with Gasteiger partial charge in [0, 0.05) is 42.2 Å². The Hall–Kier alpha value is -3.13. The molecule has 0 bridgehead atoms. The molecule has 154 valence electrons. The van der Waals surface area contributed by atoms with Crippen molar-refractivity contribution in [2.45, 2.75) is 39.2 Å². The molecule has 3 aromatic rings. The van der Waals surface area contributed by atoms with Crippen LogP contribution >= 0.6 is 11.3 Å². The standard InChI is InChI=1S/C22H24N6OS/c1-15-13-24-22(30-15)27-20-12-18(25-16(2)26-20)19-7-3-4-11-28(19)21(29)9-8-17-6-5-10-23-14-17/h5-6,8-10,12-14,19H,3-4,7,11H2,1-2H3,(H,24,25,26,27)/b9-8+. The fourth-order valence-corrected chi connectivity index (χ4v) is 4.26. The van der Waals surface area contributed by atoms with Crippen LogP contribution < -0.4 is 5.32 Å². The highest BCUT2D eigenvalue weighted by Crippen LogP contribution is 2.32. The van der Waals surface area contributed by atoms with Crippen LogP contribution in [0.15, 0.2) is 42.9 Å². The summed E-state index contributed by atoms with van der Waals surface area (Å²) in [4.78, 5) is 33.6. The second-order valence-corrected chi connectivity index (χ2v) is 8.52. The first-order chi connectivity index (χ1) is 14.6. The minimum atomic E-state index is -0.0647. The second-order valence-electron chi connectivity index (χ2n) is 7.29. The van der Waals surface area contributed by atoms with Crippen LogP contribution in [0.1, 0.15) is 47.3 Å². The molecule has 1 saturated heterocycles. The summed E-state index contributed by atoms with van der Waals surface area (Å²) in [5.41, 5.74) is 1.77. The maximum absolute atomic E-state index is 13.0. The van der Waals surface area contributed by atoms with Crippen molar-refractivity contribution in [1.82, 2.24) is 24.8 Å². The summed E-state index contributed by atoms with van der Waals surface area (Å²) >= 11 is 1.58. The van der Waals surface area contributed by atoms with Gasteiger partial charge in [-0.3, -0.25) is 9.78 Å². The number of nitrogens with zero attached hydrogens (tertiary/aromatic N) is 5. The summed E-state index contributed by atoms with van der Waals surface area (Å²) in [7, 11) is 0. The maximum atomic E-state index is 13.0. The topological polar surface area (TPSA) is 83.9 Å². The van der Waals surface area contributed by atoms with Gasteiger partial charge in [-0.05, 0) is 50.8 Å². The summed E-state index contributed by atoms with van der Waals surface area (Å²) < 4.78 is 0. The minimum Gasteiger partial charge on any atom is -0.331 e. The third kappa shape index (κ3) is 4.88. The molecule has 3 aromatic heterocycles. The van der Waals surface area contributed by atoms with Gasteiger partial charge in [0.25, 0.3) is 0 Å². The van der Waals surface area contributed by atoms with Crippen molar-refractivity contribution in [3.05, 3.63) is 64.8 Å². The second kappa shape index (κ2) is 9.13. The van der Waals surface area contributed by atoms with Crippen molar-refractivity contribution in [1.29, 1.82) is 0 Å². The molecular weight excluding hydrogens is 396 g/mol. The Kier molecular flexibility index (Phi) is 6.13. The Morgan fingerprint density at radius 3 is 2.93 bits per heavy atom. The third-order valence-electron chi connectivity index (χ3n) is 4.94. The normalized spacial score (nSPS) is 16.7. The van der Waals surface area contributed by atoms with Crippen LogP contribution in [0, 0.1) is 13.8 Å². The molecular formula is C22H24N6OS. The SMILES string of the molecule is Cc1nc(Nc2ncc(C)s2)cc(C2CCCCN2C(=O)/C=C/c2cccnc2)n1. The van der Waals surface area contributed by atoms with E-state index in [1.54, 1.807) is 29.8 Å². The number of thiazole rings is 1. The highest BCUT2D eigenvalue weighted by atomic mass is 32.1. The number of carbonyl (C=O) groups is 1. The molecule has 7 nitrogen and oxygen atoms in total. The number of carbonyl (C=O) groups excluding carboxylic acids is 1. The number of pyridine rings is 1. The quantitative estimate of drug-likeness (QED) is 0.614. The van der Waals surface area contributed by atoms with Gasteiger partial charge in [-0.15, -0.1) is 11.3 Å². The lowest BCUT2D eigenvalue weighted by molar-refractivity contribution is -0.129. The van der Waals surface area contributed by atoms with Gasteiger partial charge in [0.05, 0.1) is 11.7 Å². The van der Waals surface area contributed by atoms with Crippen LogP contribution in [0.3, 0.4) is 0 Å². The zero-order valence-corrected chi connectivity index (χ0v) is 17.9. The predicted molar refractivity (Wildman–Crippen MR) is 118 cm³/mol. The molecule has 0 spiro atoms. The molecule has 4 heterocycles. The van der Waals surface area contributed by atoms with Crippen molar-refractivity contribution >= 4 is 34.3 Å². The van der Waals surface area contributed by atoms with E-state index in [0.29, 0.717) is 11.6 Å². The van der Waals surface area contributed by atoms with Crippen LogP contribution in [-0.2, 0) is 4.79 Å². The van der Waals surface area contributed by atoms with Gasteiger partial charge in [0.2, 0.25) is 5.91 Å². The van der Waals surface area contributed by atoms with E-state index >= 15 is 0 Å². The molecule has 1 N–H and O–H groups in total. The number of nitrogens with one attached hydrogen (secondary N) is 1. The van der Waals surface area contributed by atoms with Gasteiger partial charge < -0.3 is 10.2 Å². The number of hydrogen-bond acceptors (Lipinski definition) is 7. The summed E-state index contributed by atoms with van der Waals surface area (Å²) in [6.07, 6.45) is 11.7. The van der Waals surface area contributed by atoms with E-state index in [1.165, 1.54) is 0 Å². The predicted octanol–water partition coefficient (Wildman–Crippen LogP) is 4.46. The highest BCUT2D eigenvalue weighted by molar-refractivity contribution is 7.15. The lowest BCUT2D eigenvalue weighted by atomic mass is 9.98. The molecule has 1 aliphatic rings. The van der Waals surface area contributed by atoms with E-state index in [1.807, 2.05) is 49.2 Å². The number of piperidine rings is 1. The van der Waals surface area contributed by atoms with Gasteiger partial charge in [-0.25, -0.2) is 15.0 Å². The van der Waals surface area contributed by atoms with Crippen molar-refractivity contribution in [2.75, 3.05) is 11.9 Å². The molecule has 1 atom stereocenters. The summed E-state index contributed by atoms with van der Waals surface area (Å²) in [6.45, 7) is 4.61. The number of anilines is 2. The monoisotopic (exact) mass is 420 g/mol. The van der Waals surface area contributed by atoms with Gasteiger partial charge in [0.15, 0.2) is 5.13 Å². The Bertz CT molecular complexity index is 1050. The average molecular weight is 421 g/mol. The van der Waals surface area contributed by atoms with Crippen LogP contribution in [-0.4, -0.2) is 37.3 Å². The molecule has 0 aromatic carbocycles. The van der Waals surface area contributed by atoms with Gasteiger partial charge >= 0.3 is 0 Å². The molecule has 1 aliphatic heterocycles. The van der Waals surface area contributed by atoms with Gasteiger partial charge in [0.1, 0.15) is 11.6 Å². The molecule has 0 saturated carbocycles. The molecule has 8 heteroatoms. The zero-order chi connectivity index (χ0) is 20.9. The fraction of sp³-hybridized carbons (Fsp3) is 0.318. The number of aryl methyl sites for hydroxylation is 2. The Balaban J connectivity index is 1.56. The number of hydrogen-bond donors (Lipinski definition) is 1. The number of amides is 1. The number of aromatic nitrogens is 4. The minimum absolute atomic E-state index is 0.00937. The molecule has 30 heavy (non-hydrogen) atoms. The van der Waals surface area contributed by atoms with Crippen LogP contribution in [0.4, 0.5) is 10.9 Å². The zero-order valence-electron chi connectivity index (χ0n) is 17.1. The number of likely N-dealkylation sites (tertiary alicyclic amines) is 1. The van der Waals surface area contributed by atoms with Gasteiger partial charge in [-0.1, -0.05) is 6.07 Å². The van der Waals surface area contributed by atoms with Crippen molar-refractivity contribution in [3.63, 3.8) is 0 Å². The molecule has 4 rings (SSSR count). The summed E-state index contributed by atoms with van der Waals surface area (Å²) in [6, 6.07) is 5.65. The van der Waals surface area contributed by atoms with Gasteiger partial charge in [-0.2, -0.15) is 0 Å². The molecule has 1 amide bonds. The first kappa shape index (κ1) is 20.2. The first-order valence-electron chi connectivity index (χ1n) is 10.0. The fourth-order valence-electron chi connectivity index (χ4n) is 3.59. The Morgan fingerprint density at radius 2 is 2.17 bits per heavy atom. The van der Waals surface area contributed by atoms with Crippen LogP contribution in [0.2, 0.25) is 0 Å². The summed E-state index contributed by atoms with van der Waals surface area (Å²) in [5.74, 6) is 1.37. The molecule has 1 fully saturated rings. The molecule has 0 radical (unpaired) electrons. The van der Waals surface area contributed by atoms with Crippen molar-refractivity contribution in [2.24, 2.45) is 0 Å². The van der Waals surface area contributed by atoms with Crippen molar-refractivity contribution < 1.29 is 4.79 Å². The van der Waals surface area contributed by atoms with E-state index in [9.17, 15) is 4.79 Å². The third-order valence-corrected chi connectivity index (χ3v) is 5.77. The largest absolute Gasteiger partial charge is 0.331 e. The number of rotatable bonds is 5. The lowest BCUT2D eigenvalue weighted by Gasteiger charge is -2.35. The highest BCUT2D eigenvalue weighted by Gasteiger charge is 2.28. The van der Waals surface area contributed by atoms with Crippen LogP contribution in [0.25, 0.3) is 6.08 Å². The van der Waals surface area contributed by atoms with E-state index in [0.717, 1.165) is 47.1 Å². The van der Waals surface area contributed by atoms with E-state index < -0.39 is 0 Å². The van der Waals surface area contributed by atoms with E-state index in [4.69, 9.17) is 0 Å². The average Bonchev–Trinajstić information content (AvgIpc) is 3.16. The lowest BCUT2D eigenvalue weighted by Crippen LogP contribution is -2.38.